The fraction of sp³-hybridized carbons (Fsp3) is 0.316. The highest BCUT2D eigenvalue weighted by atomic mass is 35.5. The van der Waals surface area contributed by atoms with Crippen molar-refractivity contribution in [3.8, 4) is 0 Å². The molecular weight excluding hydrogens is 359 g/mol. The number of carbonyl (C=O) groups excluding carboxylic acids is 2. The predicted octanol–water partition coefficient (Wildman–Crippen LogP) is 5.17. The number of imide groups is 1. The van der Waals surface area contributed by atoms with Crippen molar-refractivity contribution in [3.05, 3.63) is 57.8 Å². The quantitative estimate of drug-likeness (QED) is 0.692. The molecule has 0 N–H and O–H groups in total. The largest absolute Gasteiger partial charge is 0.273 e. The molecule has 4 nitrogen and oxygen atoms in total. The Labute approximate surface area is 157 Å². The van der Waals surface area contributed by atoms with Gasteiger partial charge >= 0.3 is 0 Å². The fourth-order valence-electron chi connectivity index (χ4n) is 2.26. The van der Waals surface area contributed by atoms with Gasteiger partial charge in [0.05, 0.1) is 5.69 Å². The van der Waals surface area contributed by atoms with Gasteiger partial charge in [-0.3, -0.25) is 9.59 Å². The summed E-state index contributed by atoms with van der Waals surface area (Å²) in [6.45, 7) is 7.34. The van der Waals surface area contributed by atoms with Crippen LogP contribution in [0.5, 0.6) is 0 Å². The Morgan fingerprint density at radius 3 is 2.00 bits per heavy atom. The summed E-state index contributed by atoms with van der Waals surface area (Å²) in [5.41, 5.74) is 1.10. The third-order valence-corrected chi connectivity index (χ3v) is 4.05. The molecule has 25 heavy (non-hydrogen) atoms. The van der Waals surface area contributed by atoms with Crippen LogP contribution in [-0.2, 0) is 11.2 Å². The lowest BCUT2D eigenvalue weighted by Crippen LogP contribution is -2.43. The second-order valence-electron chi connectivity index (χ2n) is 6.72. The zero-order valence-electron chi connectivity index (χ0n) is 14.6. The highest BCUT2D eigenvalue weighted by Crippen LogP contribution is 2.27. The molecule has 6 heteroatoms. The van der Waals surface area contributed by atoms with Crippen LogP contribution in [0.25, 0.3) is 0 Å². The summed E-state index contributed by atoms with van der Waals surface area (Å²) in [7, 11) is 0. The molecule has 0 unspecified atom stereocenters. The number of amides is 2. The van der Waals surface area contributed by atoms with Crippen molar-refractivity contribution in [2.75, 3.05) is 4.90 Å². The van der Waals surface area contributed by atoms with E-state index in [0.717, 1.165) is 12.0 Å². The van der Waals surface area contributed by atoms with Crippen LogP contribution < -0.4 is 4.90 Å². The molecule has 0 aliphatic heterocycles. The summed E-state index contributed by atoms with van der Waals surface area (Å²) in [6, 6.07) is 10.1. The Morgan fingerprint density at radius 2 is 1.56 bits per heavy atom. The molecule has 0 spiro atoms. The zero-order chi connectivity index (χ0) is 18.8. The number of aromatic nitrogens is 1. The van der Waals surface area contributed by atoms with E-state index in [4.69, 9.17) is 23.2 Å². The molecule has 0 atom stereocenters. The van der Waals surface area contributed by atoms with E-state index in [1.165, 1.54) is 17.0 Å². The van der Waals surface area contributed by atoms with Gasteiger partial charge in [-0.15, -0.1) is 0 Å². The first-order valence-electron chi connectivity index (χ1n) is 7.94. The van der Waals surface area contributed by atoms with E-state index in [-0.39, 0.29) is 21.8 Å². The average Bonchev–Trinajstić information content (AvgIpc) is 2.53. The molecule has 1 aromatic carbocycles. The van der Waals surface area contributed by atoms with Gasteiger partial charge in [-0.2, -0.15) is 0 Å². The van der Waals surface area contributed by atoms with E-state index in [1.807, 2.05) is 19.1 Å². The fourth-order valence-corrected chi connectivity index (χ4v) is 2.72. The highest BCUT2D eigenvalue weighted by molar-refractivity contribution is 6.33. The summed E-state index contributed by atoms with van der Waals surface area (Å²) in [5.74, 6) is -0.804. The minimum atomic E-state index is -0.736. The normalized spacial score (nSPS) is 11.3. The number of hydrogen-bond donors (Lipinski definition) is 0. The third-order valence-electron chi connectivity index (χ3n) is 3.66. The molecule has 0 aliphatic rings. The Kier molecular flexibility index (Phi) is 5.86. The molecular formula is C19H20Cl2N2O2. The molecule has 132 valence electrons. The molecule has 2 rings (SSSR count). The number of benzene rings is 1. The van der Waals surface area contributed by atoms with Crippen molar-refractivity contribution in [1.82, 2.24) is 4.98 Å². The molecule has 2 aromatic rings. The van der Waals surface area contributed by atoms with E-state index in [2.05, 4.69) is 4.98 Å². The molecule has 1 aromatic heterocycles. The monoisotopic (exact) mass is 378 g/mol. The number of anilines is 1. The number of hydrogen-bond acceptors (Lipinski definition) is 3. The van der Waals surface area contributed by atoms with Crippen LogP contribution >= 0.6 is 23.2 Å². The smallest absolute Gasteiger partial charge is 0.265 e. The van der Waals surface area contributed by atoms with Crippen molar-refractivity contribution in [3.63, 3.8) is 0 Å². The molecule has 0 radical (unpaired) electrons. The first-order valence-corrected chi connectivity index (χ1v) is 8.70. The second-order valence-corrected chi connectivity index (χ2v) is 7.49. The minimum Gasteiger partial charge on any atom is -0.273 e. The first-order chi connectivity index (χ1) is 11.6. The van der Waals surface area contributed by atoms with Gasteiger partial charge in [0.2, 0.25) is 5.91 Å². The van der Waals surface area contributed by atoms with Crippen LogP contribution in [0.15, 0.2) is 36.4 Å². The summed E-state index contributed by atoms with van der Waals surface area (Å²) in [6.07, 6.45) is 0.872. The van der Waals surface area contributed by atoms with Gasteiger partial charge in [-0.1, -0.05) is 63.0 Å². The number of carbonyl (C=O) groups is 2. The number of pyridine rings is 1. The van der Waals surface area contributed by atoms with Crippen molar-refractivity contribution >= 4 is 40.7 Å². The molecule has 0 saturated heterocycles. The van der Waals surface area contributed by atoms with Gasteiger partial charge in [0.1, 0.15) is 10.3 Å². The number of halogens is 2. The summed E-state index contributed by atoms with van der Waals surface area (Å²) in [4.78, 5) is 31.0. The molecule has 0 fully saturated rings. The van der Waals surface area contributed by atoms with Crippen molar-refractivity contribution < 1.29 is 9.59 Å². The number of nitrogens with zero attached hydrogens (tertiary/aromatic N) is 2. The molecule has 0 saturated carbocycles. The van der Waals surface area contributed by atoms with Gasteiger partial charge in [-0.25, -0.2) is 9.88 Å². The minimum absolute atomic E-state index is 0.0975. The van der Waals surface area contributed by atoms with E-state index in [1.54, 1.807) is 32.9 Å². The van der Waals surface area contributed by atoms with E-state index >= 15 is 0 Å². The van der Waals surface area contributed by atoms with Crippen LogP contribution in [-0.4, -0.2) is 16.8 Å². The SMILES string of the molecule is CCc1ccc(N(C(=O)c2cc(Cl)nc(Cl)c2)C(=O)C(C)(C)C)cc1. The van der Waals surface area contributed by atoms with E-state index in [9.17, 15) is 9.59 Å². The Balaban J connectivity index is 2.53. The van der Waals surface area contributed by atoms with Crippen molar-refractivity contribution in [1.29, 1.82) is 0 Å². The maximum Gasteiger partial charge on any atom is 0.265 e. The zero-order valence-corrected chi connectivity index (χ0v) is 16.1. The highest BCUT2D eigenvalue weighted by Gasteiger charge is 2.33. The summed E-state index contributed by atoms with van der Waals surface area (Å²) in [5, 5.41) is 0.195. The Morgan fingerprint density at radius 1 is 1.04 bits per heavy atom. The van der Waals surface area contributed by atoms with E-state index in [0.29, 0.717) is 5.69 Å². The lowest BCUT2D eigenvalue weighted by atomic mass is 9.94. The second kappa shape index (κ2) is 7.54. The summed E-state index contributed by atoms with van der Waals surface area (Å²) >= 11 is 11.8. The predicted molar refractivity (Wildman–Crippen MR) is 101 cm³/mol. The van der Waals surface area contributed by atoms with Gasteiger partial charge in [0.15, 0.2) is 0 Å². The maximum absolute atomic E-state index is 13.1. The first kappa shape index (κ1) is 19.4. The van der Waals surface area contributed by atoms with Crippen LogP contribution in [0.1, 0.15) is 43.6 Å². The molecule has 0 aliphatic carbocycles. The van der Waals surface area contributed by atoms with Gasteiger partial charge < -0.3 is 0 Å². The molecule has 2 amide bonds. The third kappa shape index (κ3) is 4.59. The molecule has 1 heterocycles. The lowest BCUT2D eigenvalue weighted by molar-refractivity contribution is -0.125. The topological polar surface area (TPSA) is 50.3 Å². The van der Waals surface area contributed by atoms with Crippen LogP contribution in [0.2, 0.25) is 10.3 Å². The van der Waals surface area contributed by atoms with Crippen LogP contribution in [0.4, 0.5) is 5.69 Å². The van der Waals surface area contributed by atoms with Crippen LogP contribution in [0, 0.1) is 5.41 Å². The average molecular weight is 379 g/mol. The number of aryl methyl sites for hydroxylation is 1. The lowest BCUT2D eigenvalue weighted by Gasteiger charge is -2.28. The molecule has 0 bridgehead atoms. The van der Waals surface area contributed by atoms with Gasteiger partial charge in [0.25, 0.3) is 5.91 Å². The van der Waals surface area contributed by atoms with Crippen LogP contribution in [0.3, 0.4) is 0 Å². The summed E-state index contributed by atoms with van der Waals surface area (Å²) < 4.78 is 0. The van der Waals surface area contributed by atoms with Gasteiger partial charge in [0, 0.05) is 11.0 Å². The Hall–Kier alpha value is -1.91. The van der Waals surface area contributed by atoms with E-state index < -0.39 is 11.3 Å². The standard InChI is InChI=1S/C19H20Cl2N2O2/c1-5-12-6-8-14(9-7-12)23(18(25)19(2,3)4)17(24)13-10-15(20)22-16(21)11-13/h6-11H,5H2,1-4H3. The number of rotatable bonds is 3. The van der Waals surface area contributed by atoms with Gasteiger partial charge in [-0.05, 0) is 36.2 Å². The Bertz CT molecular complexity index is 776. The van der Waals surface area contributed by atoms with Crippen molar-refractivity contribution in [2.24, 2.45) is 5.41 Å². The van der Waals surface area contributed by atoms with Crippen molar-refractivity contribution in [2.45, 2.75) is 34.1 Å². The maximum atomic E-state index is 13.1.